The van der Waals surface area contributed by atoms with Crippen molar-refractivity contribution in [2.45, 2.75) is 44.1 Å². The van der Waals surface area contributed by atoms with Gasteiger partial charge in [-0.3, -0.25) is 9.67 Å². The van der Waals surface area contributed by atoms with Gasteiger partial charge in [-0.2, -0.15) is 0 Å². The van der Waals surface area contributed by atoms with Gasteiger partial charge in [0.2, 0.25) is 0 Å². The molecule has 5 rings (SSSR count). The van der Waals surface area contributed by atoms with Gasteiger partial charge in [-0.15, -0.1) is 5.10 Å². The predicted molar refractivity (Wildman–Crippen MR) is 110 cm³/mol. The van der Waals surface area contributed by atoms with E-state index in [1.165, 1.54) is 18.4 Å². The number of nitrogens with zero attached hydrogens (tertiary/aromatic N) is 4. The summed E-state index contributed by atoms with van der Waals surface area (Å²) >= 11 is 6.16. The minimum Gasteiger partial charge on any atom is -0.464 e. The lowest BCUT2D eigenvalue weighted by molar-refractivity contribution is 0.0594. The van der Waals surface area contributed by atoms with Crippen molar-refractivity contribution < 1.29 is 9.53 Å². The Labute approximate surface area is 173 Å². The number of hydrogen-bond donors (Lipinski definition) is 1. The third kappa shape index (κ3) is 3.13. The molecule has 2 aliphatic rings. The lowest BCUT2D eigenvalue weighted by atomic mass is 9.78. The number of ether oxygens (including phenoxy) is 1. The Morgan fingerprint density at radius 1 is 1.31 bits per heavy atom. The molecule has 2 bridgehead atoms. The Bertz CT molecular complexity index is 1110. The summed E-state index contributed by atoms with van der Waals surface area (Å²) in [7, 11) is 1.34. The van der Waals surface area contributed by atoms with Gasteiger partial charge < -0.3 is 10.5 Å². The van der Waals surface area contributed by atoms with E-state index >= 15 is 0 Å². The van der Waals surface area contributed by atoms with Crippen molar-refractivity contribution in [2.75, 3.05) is 12.8 Å². The van der Waals surface area contributed by atoms with Crippen molar-refractivity contribution in [1.29, 1.82) is 0 Å². The average Bonchev–Trinajstić information content (AvgIpc) is 3.29. The second-order valence-electron chi connectivity index (χ2n) is 8.10. The second-order valence-corrected chi connectivity index (χ2v) is 8.54. The van der Waals surface area contributed by atoms with Crippen LogP contribution < -0.4 is 5.73 Å². The first-order valence-electron chi connectivity index (χ1n) is 9.90. The van der Waals surface area contributed by atoms with Crippen LogP contribution in [0.3, 0.4) is 0 Å². The largest absolute Gasteiger partial charge is 0.464 e. The van der Waals surface area contributed by atoms with Crippen LogP contribution in [0.2, 0.25) is 5.02 Å². The number of pyridine rings is 1. The molecular weight excluding hydrogens is 390 g/mol. The molecule has 0 saturated heterocycles. The average molecular weight is 412 g/mol. The van der Waals surface area contributed by atoms with Gasteiger partial charge in [-0.05, 0) is 55.7 Å². The first-order chi connectivity index (χ1) is 14.0. The molecule has 0 amide bonds. The number of carbonyl (C=O) groups excluding carboxylic acids is 1. The number of anilines is 1. The maximum absolute atomic E-state index is 11.5. The number of aryl methyl sites for hydroxylation is 1. The molecule has 150 valence electrons. The summed E-state index contributed by atoms with van der Waals surface area (Å²) < 4.78 is 6.41. The molecule has 0 radical (unpaired) electrons. The molecule has 2 aromatic heterocycles. The first kappa shape index (κ1) is 18.4. The minimum atomic E-state index is -0.462. The highest BCUT2D eigenvalue weighted by Crippen LogP contribution is 2.55. The monoisotopic (exact) mass is 411 g/mol. The van der Waals surface area contributed by atoms with E-state index in [0.717, 1.165) is 48.8 Å². The number of hydrogen-bond acceptors (Lipinski definition) is 6. The molecule has 1 aromatic carbocycles. The molecular formula is C21H22ClN5O2. The standard InChI is InChI=1S/C21H22ClN5O2/c1-29-21(28)17-10-27(26-25-17)5-4-11-6-12-8-13(7-11)20-18(12)19(23)15-3-2-14(22)9-16(15)24-20/h2-3,9-13H,4-8H2,1H3,(H2,23,24). The van der Waals surface area contributed by atoms with Crippen LogP contribution in [0.5, 0.6) is 0 Å². The van der Waals surface area contributed by atoms with Crippen LogP contribution in [0.15, 0.2) is 24.4 Å². The lowest BCUT2D eigenvalue weighted by Crippen LogP contribution is -2.16. The number of rotatable bonds is 4. The molecule has 2 aliphatic carbocycles. The highest BCUT2D eigenvalue weighted by Gasteiger charge is 2.41. The van der Waals surface area contributed by atoms with E-state index in [2.05, 4.69) is 15.0 Å². The van der Waals surface area contributed by atoms with Crippen molar-refractivity contribution in [3.63, 3.8) is 0 Å². The number of carbonyl (C=O) groups is 1. The van der Waals surface area contributed by atoms with E-state index in [1.54, 1.807) is 10.9 Å². The maximum atomic E-state index is 11.5. The molecule has 0 aliphatic heterocycles. The smallest absolute Gasteiger partial charge is 0.360 e. The zero-order valence-corrected chi connectivity index (χ0v) is 16.9. The number of esters is 1. The second kappa shape index (κ2) is 6.99. The van der Waals surface area contributed by atoms with Crippen LogP contribution in [0.25, 0.3) is 10.9 Å². The van der Waals surface area contributed by atoms with Crippen molar-refractivity contribution in [3.8, 4) is 0 Å². The van der Waals surface area contributed by atoms with E-state index < -0.39 is 5.97 Å². The molecule has 2 heterocycles. The van der Waals surface area contributed by atoms with Crippen molar-refractivity contribution >= 4 is 34.2 Å². The van der Waals surface area contributed by atoms with Gasteiger partial charge in [0.05, 0.1) is 18.8 Å². The SMILES string of the molecule is COC(=O)c1cn(CCC2CC3CC(C2)c2c3nc3cc(Cl)ccc3c2N)nn1. The Hall–Kier alpha value is -2.67. The van der Waals surface area contributed by atoms with Gasteiger partial charge in [-0.1, -0.05) is 16.8 Å². The van der Waals surface area contributed by atoms with Gasteiger partial charge in [-0.25, -0.2) is 4.79 Å². The van der Waals surface area contributed by atoms with Gasteiger partial charge in [0, 0.05) is 39.8 Å². The molecule has 1 fully saturated rings. The van der Waals surface area contributed by atoms with Gasteiger partial charge >= 0.3 is 5.97 Å². The predicted octanol–water partition coefficient (Wildman–Crippen LogP) is 3.92. The molecule has 8 heteroatoms. The van der Waals surface area contributed by atoms with Crippen LogP contribution in [0, 0.1) is 5.92 Å². The molecule has 29 heavy (non-hydrogen) atoms. The van der Waals surface area contributed by atoms with Crippen LogP contribution in [0.4, 0.5) is 5.69 Å². The minimum absolute atomic E-state index is 0.242. The number of aromatic nitrogens is 4. The molecule has 2 N–H and O–H groups in total. The van der Waals surface area contributed by atoms with Crippen molar-refractivity contribution in [1.82, 2.24) is 20.0 Å². The van der Waals surface area contributed by atoms with Crippen LogP contribution in [-0.4, -0.2) is 33.1 Å². The van der Waals surface area contributed by atoms with E-state index in [4.69, 9.17) is 22.3 Å². The Morgan fingerprint density at radius 3 is 2.97 bits per heavy atom. The van der Waals surface area contributed by atoms with E-state index in [1.807, 2.05) is 18.2 Å². The van der Waals surface area contributed by atoms with Gasteiger partial charge in [0.1, 0.15) is 0 Å². The van der Waals surface area contributed by atoms with Crippen LogP contribution >= 0.6 is 11.6 Å². The molecule has 7 nitrogen and oxygen atoms in total. The Balaban J connectivity index is 1.35. The number of benzene rings is 1. The van der Waals surface area contributed by atoms with Gasteiger partial charge in [0.15, 0.2) is 5.69 Å². The van der Waals surface area contributed by atoms with Crippen molar-refractivity contribution in [3.05, 3.63) is 46.4 Å². The molecule has 1 saturated carbocycles. The summed E-state index contributed by atoms with van der Waals surface area (Å²) in [6.45, 7) is 0.727. The summed E-state index contributed by atoms with van der Waals surface area (Å²) in [4.78, 5) is 16.5. The number of halogens is 1. The molecule has 0 spiro atoms. The number of nitrogen functional groups attached to an aromatic ring is 1. The zero-order valence-electron chi connectivity index (χ0n) is 16.1. The topological polar surface area (TPSA) is 95.9 Å². The Morgan fingerprint density at radius 2 is 2.14 bits per heavy atom. The third-order valence-electron chi connectivity index (χ3n) is 6.36. The molecule has 3 unspecified atom stereocenters. The summed E-state index contributed by atoms with van der Waals surface area (Å²) in [5.74, 6) is 1.00. The summed E-state index contributed by atoms with van der Waals surface area (Å²) in [6.07, 6.45) is 5.96. The quantitative estimate of drug-likeness (QED) is 0.653. The van der Waals surface area contributed by atoms with E-state index in [0.29, 0.717) is 22.8 Å². The van der Waals surface area contributed by atoms with Crippen LogP contribution in [-0.2, 0) is 11.3 Å². The number of fused-ring (bicyclic) bond motifs is 6. The first-order valence-corrected chi connectivity index (χ1v) is 10.3. The van der Waals surface area contributed by atoms with Gasteiger partial charge in [0.25, 0.3) is 0 Å². The third-order valence-corrected chi connectivity index (χ3v) is 6.59. The fourth-order valence-corrected chi connectivity index (χ4v) is 5.26. The van der Waals surface area contributed by atoms with E-state index in [-0.39, 0.29) is 5.69 Å². The summed E-state index contributed by atoms with van der Waals surface area (Å²) in [5.41, 5.74) is 11.0. The van der Waals surface area contributed by atoms with Crippen molar-refractivity contribution in [2.24, 2.45) is 5.92 Å². The highest BCUT2D eigenvalue weighted by molar-refractivity contribution is 6.31. The summed E-state index contributed by atoms with van der Waals surface area (Å²) in [5, 5.41) is 9.60. The fraction of sp³-hybridized carbons (Fsp3) is 0.429. The molecule has 3 atom stereocenters. The number of methoxy groups -OCH3 is 1. The number of nitrogens with two attached hydrogens (primary N) is 1. The normalized spacial score (nSPS) is 22.6. The summed E-state index contributed by atoms with van der Waals surface area (Å²) in [6, 6.07) is 5.75. The maximum Gasteiger partial charge on any atom is 0.360 e. The highest BCUT2D eigenvalue weighted by atomic mass is 35.5. The van der Waals surface area contributed by atoms with E-state index in [9.17, 15) is 4.79 Å². The van der Waals surface area contributed by atoms with Crippen LogP contribution in [0.1, 0.15) is 59.3 Å². The lowest BCUT2D eigenvalue weighted by Gasteiger charge is -2.27. The zero-order chi connectivity index (χ0) is 20.1. The fourth-order valence-electron chi connectivity index (χ4n) is 5.09. The molecule has 3 aromatic rings. The Kier molecular flexibility index (Phi) is 4.42.